The van der Waals surface area contributed by atoms with Crippen molar-refractivity contribution in [2.24, 2.45) is 5.73 Å². The summed E-state index contributed by atoms with van der Waals surface area (Å²) in [4.78, 5) is 0. The lowest BCUT2D eigenvalue weighted by molar-refractivity contribution is 0.535. The predicted molar refractivity (Wildman–Crippen MR) is 76.2 cm³/mol. The second-order valence-electron chi connectivity index (χ2n) is 5.05. The van der Waals surface area contributed by atoms with E-state index in [1.807, 2.05) is 6.07 Å². The van der Waals surface area contributed by atoms with Crippen LogP contribution < -0.4 is 5.73 Å². The van der Waals surface area contributed by atoms with E-state index >= 15 is 0 Å². The van der Waals surface area contributed by atoms with Crippen molar-refractivity contribution < 1.29 is 0 Å². The molecule has 0 fully saturated rings. The maximum absolute atomic E-state index is 6.11. The molecule has 1 unspecified atom stereocenters. The molecule has 18 heavy (non-hydrogen) atoms. The van der Waals surface area contributed by atoms with Gasteiger partial charge in [0.2, 0.25) is 0 Å². The molecule has 0 aromatic carbocycles. The van der Waals surface area contributed by atoms with Gasteiger partial charge in [0, 0.05) is 12.2 Å². The van der Waals surface area contributed by atoms with Crippen molar-refractivity contribution in [3.8, 4) is 0 Å². The smallest absolute Gasteiger partial charge is 0.0543 e. The minimum Gasteiger partial charge on any atom is -0.324 e. The van der Waals surface area contributed by atoms with E-state index < -0.39 is 0 Å². The third kappa shape index (κ3) is 6.70. The number of unbranched alkanes of at least 4 members (excludes halogenated alkanes) is 7. The van der Waals surface area contributed by atoms with Crippen LogP contribution in [0.25, 0.3) is 0 Å². The zero-order valence-electron chi connectivity index (χ0n) is 11.6. The molecule has 3 nitrogen and oxygen atoms in total. The Kier molecular flexibility index (Phi) is 8.40. The minimum atomic E-state index is 0.126. The summed E-state index contributed by atoms with van der Waals surface area (Å²) in [6.45, 7) is 2.26. The maximum atomic E-state index is 6.11. The van der Waals surface area contributed by atoms with Crippen LogP contribution in [0, 0.1) is 0 Å². The van der Waals surface area contributed by atoms with E-state index in [9.17, 15) is 0 Å². The van der Waals surface area contributed by atoms with E-state index in [0.29, 0.717) is 0 Å². The molecule has 0 bridgehead atoms. The van der Waals surface area contributed by atoms with Gasteiger partial charge in [0.15, 0.2) is 0 Å². The second kappa shape index (κ2) is 10.0. The molecule has 1 aromatic rings. The Balaban J connectivity index is 1.98. The highest BCUT2D eigenvalue weighted by Crippen LogP contribution is 2.17. The van der Waals surface area contributed by atoms with E-state index in [4.69, 9.17) is 5.73 Å². The fraction of sp³-hybridized carbons (Fsp3) is 0.733. The van der Waals surface area contributed by atoms with Gasteiger partial charge < -0.3 is 5.73 Å². The lowest BCUT2D eigenvalue weighted by Crippen LogP contribution is -2.10. The first-order chi connectivity index (χ1) is 8.84. The molecule has 0 aliphatic carbocycles. The number of rotatable bonds is 10. The van der Waals surface area contributed by atoms with Gasteiger partial charge in [-0.1, -0.05) is 58.3 Å². The average molecular weight is 249 g/mol. The number of aromatic nitrogens is 2. The van der Waals surface area contributed by atoms with Gasteiger partial charge in [-0.3, -0.25) is 0 Å². The quantitative estimate of drug-likeness (QED) is 0.637. The Morgan fingerprint density at radius 3 is 2.28 bits per heavy atom. The van der Waals surface area contributed by atoms with Gasteiger partial charge in [0.25, 0.3) is 0 Å². The SMILES string of the molecule is CCCCCCCCCCC(N)c1ccnnc1. The minimum absolute atomic E-state index is 0.126. The molecule has 0 radical (unpaired) electrons. The zero-order chi connectivity index (χ0) is 13.1. The van der Waals surface area contributed by atoms with Gasteiger partial charge in [-0.25, -0.2) is 0 Å². The van der Waals surface area contributed by atoms with Crippen LogP contribution in [0.3, 0.4) is 0 Å². The van der Waals surface area contributed by atoms with Crippen LogP contribution in [0.2, 0.25) is 0 Å². The zero-order valence-corrected chi connectivity index (χ0v) is 11.6. The topological polar surface area (TPSA) is 51.8 Å². The molecule has 0 saturated heterocycles. The van der Waals surface area contributed by atoms with Gasteiger partial charge in [0.05, 0.1) is 6.20 Å². The third-order valence-electron chi connectivity index (χ3n) is 3.40. The molecule has 1 rings (SSSR count). The number of nitrogens with zero attached hydrogens (tertiary/aromatic N) is 2. The third-order valence-corrected chi connectivity index (χ3v) is 3.40. The van der Waals surface area contributed by atoms with E-state index in [1.165, 1.54) is 51.4 Å². The fourth-order valence-corrected chi connectivity index (χ4v) is 2.19. The van der Waals surface area contributed by atoms with Crippen LogP contribution >= 0.6 is 0 Å². The summed E-state index contributed by atoms with van der Waals surface area (Å²) in [7, 11) is 0. The lowest BCUT2D eigenvalue weighted by atomic mass is 10.0. The highest BCUT2D eigenvalue weighted by Gasteiger charge is 2.05. The Morgan fingerprint density at radius 1 is 1.00 bits per heavy atom. The molecule has 0 aliphatic heterocycles. The van der Waals surface area contributed by atoms with Gasteiger partial charge in [0.1, 0.15) is 0 Å². The average Bonchev–Trinajstić information content (AvgIpc) is 2.42. The number of hydrogen-bond donors (Lipinski definition) is 1. The first-order valence-corrected chi connectivity index (χ1v) is 7.36. The monoisotopic (exact) mass is 249 g/mol. The van der Waals surface area contributed by atoms with Crippen LogP contribution in [0.4, 0.5) is 0 Å². The lowest BCUT2D eigenvalue weighted by Gasteiger charge is -2.10. The van der Waals surface area contributed by atoms with Crippen LogP contribution in [-0.4, -0.2) is 10.2 Å². The normalized spacial score (nSPS) is 12.6. The summed E-state index contributed by atoms with van der Waals surface area (Å²) in [5.41, 5.74) is 7.21. The van der Waals surface area contributed by atoms with Crippen LogP contribution in [-0.2, 0) is 0 Å². The molecular formula is C15H27N3. The fourth-order valence-electron chi connectivity index (χ4n) is 2.19. The van der Waals surface area contributed by atoms with Crippen molar-refractivity contribution in [3.05, 3.63) is 24.0 Å². The first kappa shape index (κ1) is 15.1. The van der Waals surface area contributed by atoms with E-state index in [-0.39, 0.29) is 6.04 Å². The van der Waals surface area contributed by atoms with Crippen LogP contribution in [0.5, 0.6) is 0 Å². The number of nitrogens with two attached hydrogens (primary N) is 1. The molecule has 0 amide bonds. The summed E-state index contributed by atoms with van der Waals surface area (Å²) < 4.78 is 0. The first-order valence-electron chi connectivity index (χ1n) is 7.36. The van der Waals surface area contributed by atoms with Gasteiger partial charge in [-0.2, -0.15) is 10.2 Å². The molecule has 1 aromatic heterocycles. The molecule has 1 heterocycles. The van der Waals surface area contributed by atoms with Crippen LogP contribution in [0.1, 0.15) is 76.3 Å². The Morgan fingerprint density at radius 2 is 1.67 bits per heavy atom. The Labute approximate surface area is 111 Å². The molecule has 1 atom stereocenters. The maximum Gasteiger partial charge on any atom is 0.0543 e. The van der Waals surface area contributed by atoms with Crippen molar-refractivity contribution in [2.45, 2.75) is 70.8 Å². The van der Waals surface area contributed by atoms with E-state index in [2.05, 4.69) is 17.1 Å². The summed E-state index contributed by atoms with van der Waals surface area (Å²) >= 11 is 0. The molecule has 3 heteroatoms. The van der Waals surface area contributed by atoms with Crippen molar-refractivity contribution >= 4 is 0 Å². The van der Waals surface area contributed by atoms with Crippen molar-refractivity contribution in [3.63, 3.8) is 0 Å². The van der Waals surface area contributed by atoms with Crippen molar-refractivity contribution in [1.82, 2.24) is 10.2 Å². The Bertz CT molecular complexity index is 287. The van der Waals surface area contributed by atoms with E-state index in [1.54, 1.807) is 12.4 Å². The predicted octanol–water partition coefficient (Wildman–Crippen LogP) is 4.01. The van der Waals surface area contributed by atoms with Crippen molar-refractivity contribution in [1.29, 1.82) is 0 Å². The summed E-state index contributed by atoms with van der Waals surface area (Å²) in [6.07, 6.45) is 15.3. The summed E-state index contributed by atoms with van der Waals surface area (Å²) in [5.74, 6) is 0. The molecule has 0 saturated carbocycles. The van der Waals surface area contributed by atoms with Crippen molar-refractivity contribution in [2.75, 3.05) is 0 Å². The van der Waals surface area contributed by atoms with E-state index in [0.717, 1.165) is 12.0 Å². The summed E-state index contributed by atoms with van der Waals surface area (Å²) in [5, 5.41) is 7.63. The molecule has 102 valence electrons. The molecule has 0 aliphatic rings. The largest absolute Gasteiger partial charge is 0.324 e. The summed E-state index contributed by atoms with van der Waals surface area (Å²) in [6, 6.07) is 2.09. The second-order valence-corrected chi connectivity index (χ2v) is 5.05. The molecule has 0 spiro atoms. The van der Waals surface area contributed by atoms with Gasteiger partial charge in [-0.15, -0.1) is 0 Å². The van der Waals surface area contributed by atoms with Crippen LogP contribution in [0.15, 0.2) is 18.5 Å². The number of hydrogen-bond acceptors (Lipinski definition) is 3. The standard InChI is InChI=1S/C15H27N3/c1-2-3-4-5-6-7-8-9-10-15(16)14-11-12-17-18-13-14/h11-13,15H,2-10,16H2,1H3. The molecular weight excluding hydrogens is 222 g/mol. The molecule has 2 N–H and O–H groups in total. The Hall–Kier alpha value is -0.960. The highest BCUT2D eigenvalue weighted by atomic mass is 15.1. The van der Waals surface area contributed by atoms with Gasteiger partial charge in [-0.05, 0) is 18.1 Å². The van der Waals surface area contributed by atoms with Gasteiger partial charge >= 0.3 is 0 Å². The highest BCUT2D eigenvalue weighted by molar-refractivity contribution is 5.10.